The monoisotopic (exact) mass is 306 g/mol. The second-order valence-corrected chi connectivity index (χ2v) is 6.00. The molecule has 1 N–H and O–H groups in total. The first kappa shape index (κ1) is 14.0. The first-order valence-electron chi connectivity index (χ1n) is 7.97. The number of fused-ring (bicyclic) bond motifs is 2. The molecular weight excluding hydrogens is 288 g/mol. The molecule has 4 heteroatoms. The smallest absolute Gasteiger partial charge is 0.254 e. The van der Waals surface area contributed by atoms with Crippen LogP contribution >= 0.6 is 0 Å². The molecule has 1 amide bonds. The summed E-state index contributed by atoms with van der Waals surface area (Å²) >= 11 is 0. The number of aromatic nitrogens is 1. The number of carbonyl (C=O) groups is 1. The molecule has 1 aliphatic rings. The number of rotatable bonds is 2. The number of hydrogen-bond acceptors (Lipinski definition) is 3. The lowest BCUT2D eigenvalue weighted by atomic mass is 9.87. The average molecular weight is 306 g/mol. The van der Waals surface area contributed by atoms with E-state index in [1.54, 1.807) is 13.0 Å². The summed E-state index contributed by atoms with van der Waals surface area (Å²) in [5.74, 6) is 0.480. The molecule has 23 heavy (non-hydrogen) atoms. The number of amides is 1. The molecule has 0 bridgehead atoms. The number of hydrogen-bond donors (Lipinski definition) is 1. The number of benzene rings is 2. The molecule has 1 atom stereocenters. The molecule has 0 saturated carbocycles. The third kappa shape index (κ3) is 2.50. The Morgan fingerprint density at radius 3 is 3.00 bits per heavy atom. The van der Waals surface area contributed by atoms with Crippen LogP contribution in [0.3, 0.4) is 0 Å². The highest BCUT2D eigenvalue weighted by molar-refractivity contribution is 6.04. The van der Waals surface area contributed by atoms with Gasteiger partial charge >= 0.3 is 0 Å². The van der Waals surface area contributed by atoms with Gasteiger partial charge in [-0.3, -0.25) is 4.79 Å². The van der Waals surface area contributed by atoms with Crippen LogP contribution in [0.5, 0.6) is 0 Å². The largest absolute Gasteiger partial charge is 0.441 e. The van der Waals surface area contributed by atoms with Crippen molar-refractivity contribution in [3.63, 3.8) is 0 Å². The summed E-state index contributed by atoms with van der Waals surface area (Å²) in [6.45, 7) is 1.79. The fourth-order valence-corrected chi connectivity index (χ4v) is 3.38. The van der Waals surface area contributed by atoms with E-state index in [4.69, 9.17) is 4.42 Å². The van der Waals surface area contributed by atoms with Crippen LogP contribution in [0.25, 0.3) is 11.1 Å². The molecule has 0 saturated heterocycles. The number of nitrogens with one attached hydrogen (secondary N) is 1. The van der Waals surface area contributed by atoms with Gasteiger partial charge in [0, 0.05) is 6.92 Å². The number of nitrogens with zero attached hydrogens (tertiary/aromatic N) is 1. The number of carbonyl (C=O) groups excluding carboxylic acids is 1. The Hall–Kier alpha value is -2.62. The van der Waals surface area contributed by atoms with Crippen LogP contribution in [0.4, 0.5) is 0 Å². The molecule has 1 aromatic heterocycles. The van der Waals surface area contributed by atoms with Gasteiger partial charge in [-0.05, 0) is 42.5 Å². The van der Waals surface area contributed by atoms with Crippen molar-refractivity contribution in [2.45, 2.75) is 32.2 Å². The van der Waals surface area contributed by atoms with E-state index in [0.29, 0.717) is 22.6 Å². The first-order valence-corrected chi connectivity index (χ1v) is 7.97. The number of oxazole rings is 1. The fraction of sp³-hybridized carbons (Fsp3) is 0.263. The van der Waals surface area contributed by atoms with Crippen LogP contribution in [0.15, 0.2) is 46.9 Å². The van der Waals surface area contributed by atoms with Crippen LogP contribution < -0.4 is 5.32 Å². The summed E-state index contributed by atoms with van der Waals surface area (Å²) in [6, 6.07) is 13.9. The van der Waals surface area contributed by atoms with Crippen molar-refractivity contribution < 1.29 is 9.21 Å². The molecule has 1 unspecified atom stereocenters. The van der Waals surface area contributed by atoms with Crippen LogP contribution in [-0.4, -0.2) is 10.9 Å². The lowest BCUT2D eigenvalue weighted by molar-refractivity contribution is 0.0934. The molecule has 1 aliphatic carbocycles. The zero-order valence-electron chi connectivity index (χ0n) is 13.0. The Kier molecular flexibility index (Phi) is 3.37. The maximum Gasteiger partial charge on any atom is 0.254 e. The van der Waals surface area contributed by atoms with Gasteiger partial charge in [0.2, 0.25) is 0 Å². The van der Waals surface area contributed by atoms with Gasteiger partial charge in [0.1, 0.15) is 5.52 Å². The molecular formula is C19H18N2O2. The summed E-state index contributed by atoms with van der Waals surface area (Å²) in [6.07, 6.45) is 3.15. The summed E-state index contributed by atoms with van der Waals surface area (Å²) in [5.41, 5.74) is 4.42. The normalized spacial score (nSPS) is 17.0. The molecule has 0 radical (unpaired) electrons. The average Bonchev–Trinajstić information content (AvgIpc) is 2.95. The van der Waals surface area contributed by atoms with Crippen LogP contribution in [0, 0.1) is 6.92 Å². The summed E-state index contributed by atoms with van der Waals surface area (Å²) < 4.78 is 5.51. The van der Waals surface area contributed by atoms with Gasteiger partial charge in [-0.15, -0.1) is 0 Å². The van der Waals surface area contributed by atoms with Crippen molar-refractivity contribution in [1.82, 2.24) is 10.3 Å². The van der Waals surface area contributed by atoms with E-state index in [0.717, 1.165) is 19.3 Å². The minimum Gasteiger partial charge on any atom is -0.441 e. The molecule has 0 fully saturated rings. The van der Waals surface area contributed by atoms with Crippen molar-refractivity contribution >= 4 is 17.0 Å². The van der Waals surface area contributed by atoms with Gasteiger partial charge in [-0.2, -0.15) is 0 Å². The van der Waals surface area contributed by atoms with E-state index < -0.39 is 0 Å². The van der Waals surface area contributed by atoms with E-state index in [2.05, 4.69) is 28.5 Å². The Balaban J connectivity index is 1.66. The fourth-order valence-electron chi connectivity index (χ4n) is 3.38. The molecule has 116 valence electrons. The van der Waals surface area contributed by atoms with Crippen LogP contribution in [0.1, 0.15) is 46.3 Å². The number of aryl methyl sites for hydroxylation is 2. The maximum atomic E-state index is 12.8. The Morgan fingerprint density at radius 1 is 1.22 bits per heavy atom. The Bertz CT molecular complexity index is 882. The van der Waals surface area contributed by atoms with Crippen molar-refractivity contribution in [2.75, 3.05) is 0 Å². The van der Waals surface area contributed by atoms with Gasteiger partial charge in [0.05, 0.1) is 11.6 Å². The van der Waals surface area contributed by atoms with Crippen molar-refractivity contribution in [2.24, 2.45) is 0 Å². The SMILES string of the molecule is Cc1nc2c(C(=O)NC3CCCc4ccccc43)cccc2o1. The van der Waals surface area contributed by atoms with Crippen LogP contribution in [-0.2, 0) is 6.42 Å². The molecule has 4 nitrogen and oxygen atoms in total. The second kappa shape index (κ2) is 5.54. The van der Waals surface area contributed by atoms with E-state index in [1.807, 2.05) is 18.2 Å². The highest BCUT2D eigenvalue weighted by atomic mass is 16.3. The van der Waals surface area contributed by atoms with Gasteiger partial charge in [0.25, 0.3) is 5.91 Å². The van der Waals surface area contributed by atoms with E-state index in [-0.39, 0.29) is 11.9 Å². The van der Waals surface area contributed by atoms with Crippen molar-refractivity contribution in [3.8, 4) is 0 Å². The lowest BCUT2D eigenvalue weighted by Crippen LogP contribution is -2.31. The van der Waals surface area contributed by atoms with Gasteiger partial charge in [0.15, 0.2) is 11.5 Å². The van der Waals surface area contributed by atoms with Crippen LogP contribution in [0.2, 0.25) is 0 Å². The summed E-state index contributed by atoms with van der Waals surface area (Å²) in [4.78, 5) is 17.1. The van der Waals surface area contributed by atoms with Gasteiger partial charge in [-0.1, -0.05) is 30.3 Å². The first-order chi connectivity index (χ1) is 11.2. The summed E-state index contributed by atoms with van der Waals surface area (Å²) in [7, 11) is 0. The standard InChI is InChI=1S/C19H18N2O2/c1-12-20-18-15(9-5-11-17(18)23-12)19(22)21-16-10-4-7-13-6-2-3-8-14(13)16/h2-3,5-6,8-9,11,16H,4,7,10H2,1H3,(H,21,22). The molecule has 0 aliphatic heterocycles. The zero-order valence-corrected chi connectivity index (χ0v) is 13.0. The molecule has 3 aromatic rings. The third-order valence-corrected chi connectivity index (χ3v) is 4.45. The lowest BCUT2D eigenvalue weighted by Gasteiger charge is -2.26. The quantitative estimate of drug-likeness (QED) is 0.780. The van der Waals surface area contributed by atoms with E-state index >= 15 is 0 Å². The predicted molar refractivity (Wildman–Crippen MR) is 88.3 cm³/mol. The number of para-hydroxylation sites is 1. The summed E-state index contributed by atoms with van der Waals surface area (Å²) in [5, 5.41) is 3.17. The Morgan fingerprint density at radius 2 is 2.09 bits per heavy atom. The van der Waals surface area contributed by atoms with E-state index in [9.17, 15) is 4.79 Å². The highest BCUT2D eigenvalue weighted by Gasteiger charge is 2.23. The minimum atomic E-state index is -0.0920. The highest BCUT2D eigenvalue weighted by Crippen LogP contribution is 2.30. The molecule has 0 spiro atoms. The molecule has 4 rings (SSSR count). The maximum absolute atomic E-state index is 12.8. The van der Waals surface area contributed by atoms with E-state index in [1.165, 1.54) is 11.1 Å². The topological polar surface area (TPSA) is 55.1 Å². The molecule has 2 aromatic carbocycles. The third-order valence-electron chi connectivity index (χ3n) is 4.45. The van der Waals surface area contributed by atoms with Gasteiger partial charge < -0.3 is 9.73 Å². The predicted octanol–water partition coefficient (Wildman–Crippen LogP) is 3.94. The van der Waals surface area contributed by atoms with Crippen molar-refractivity contribution in [1.29, 1.82) is 0 Å². The zero-order chi connectivity index (χ0) is 15.8. The Labute approximate surface area is 134 Å². The second-order valence-electron chi connectivity index (χ2n) is 6.00. The van der Waals surface area contributed by atoms with Gasteiger partial charge in [-0.25, -0.2) is 4.98 Å². The molecule has 1 heterocycles. The van der Waals surface area contributed by atoms with Crippen molar-refractivity contribution in [3.05, 3.63) is 65.0 Å². The minimum absolute atomic E-state index is 0.0655.